The van der Waals surface area contributed by atoms with E-state index in [1.54, 1.807) is 18.2 Å². The predicted molar refractivity (Wildman–Crippen MR) is 144 cm³/mol. The molecule has 0 atom stereocenters. The smallest absolute Gasteiger partial charge is 0.347 e. The number of benzene rings is 2. The minimum Gasteiger partial charge on any atom is -0.481 e. The Bertz CT molecular complexity index is 1150. The molecule has 0 heterocycles. The zero-order valence-electron chi connectivity index (χ0n) is 21.2. The van der Waals surface area contributed by atoms with E-state index in [2.05, 4.69) is 11.7 Å². The number of hydrogen-bond acceptors (Lipinski definition) is 7. The highest BCUT2D eigenvalue weighted by Crippen LogP contribution is 2.30. The summed E-state index contributed by atoms with van der Waals surface area (Å²) in [6, 6.07) is 10.8. The highest BCUT2D eigenvalue weighted by atomic mass is 35.5. The van der Waals surface area contributed by atoms with Crippen LogP contribution in [-0.2, 0) is 23.9 Å². The fourth-order valence-corrected chi connectivity index (χ4v) is 3.60. The van der Waals surface area contributed by atoms with E-state index >= 15 is 0 Å². The fraction of sp³-hybridized carbons (Fsp3) is 0.370. The molecule has 0 fully saturated rings. The third kappa shape index (κ3) is 11.6. The summed E-state index contributed by atoms with van der Waals surface area (Å²) in [5, 5.41) is 9.08. The minimum absolute atomic E-state index is 0.00826. The first-order valence-corrected chi connectivity index (χ1v) is 12.8. The fourth-order valence-electron chi connectivity index (χ4n) is 2.92. The van der Waals surface area contributed by atoms with Crippen molar-refractivity contribution in [2.24, 2.45) is 5.41 Å². The number of aliphatic carboxylic acids is 1. The summed E-state index contributed by atoms with van der Waals surface area (Å²) in [6.45, 7) is 4.91. The van der Waals surface area contributed by atoms with Crippen molar-refractivity contribution in [1.29, 1.82) is 0 Å². The molecule has 0 saturated heterocycles. The first kappa shape index (κ1) is 33.1. The lowest BCUT2D eigenvalue weighted by atomic mass is 9.89. The number of halogens is 3. The molecule has 0 aliphatic heterocycles. The van der Waals surface area contributed by atoms with Crippen molar-refractivity contribution < 1.29 is 38.6 Å². The quantitative estimate of drug-likeness (QED) is 0.134. The lowest BCUT2D eigenvalue weighted by Gasteiger charge is -2.19. The maximum absolute atomic E-state index is 11.8. The van der Waals surface area contributed by atoms with E-state index in [1.165, 1.54) is 38.1 Å². The van der Waals surface area contributed by atoms with Crippen molar-refractivity contribution in [3.05, 3.63) is 68.7 Å². The van der Waals surface area contributed by atoms with E-state index in [9.17, 15) is 24.0 Å². The minimum atomic E-state index is -1.24. The van der Waals surface area contributed by atoms with Crippen LogP contribution >= 0.6 is 34.8 Å². The number of rotatable bonds is 10. The Balaban J connectivity index is 0.000000382. The Morgan fingerprint density at radius 2 is 1.50 bits per heavy atom. The van der Waals surface area contributed by atoms with Gasteiger partial charge < -0.3 is 14.6 Å². The molecule has 0 aliphatic carbocycles. The third-order valence-corrected chi connectivity index (χ3v) is 6.01. The number of unbranched alkanes of at least 4 members (excludes halogenated alkanes) is 3. The van der Waals surface area contributed by atoms with Gasteiger partial charge in [0, 0.05) is 11.4 Å². The van der Waals surface area contributed by atoms with Gasteiger partial charge in [-0.2, -0.15) is 0 Å². The highest BCUT2D eigenvalue weighted by molar-refractivity contribution is 6.45. The second-order valence-electron chi connectivity index (χ2n) is 8.82. The molecule has 0 aliphatic rings. The number of esters is 4. The van der Waals surface area contributed by atoms with Crippen LogP contribution in [0.4, 0.5) is 0 Å². The van der Waals surface area contributed by atoms with Crippen molar-refractivity contribution in [2.45, 2.75) is 59.3 Å². The van der Waals surface area contributed by atoms with Gasteiger partial charge in [0.15, 0.2) is 0 Å². The van der Waals surface area contributed by atoms with Crippen LogP contribution in [-0.4, -0.2) is 35.0 Å². The molecule has 2 aromatic carbocycles. The summed E-state index contributed by atoms with van der Waals surface area (Å²) >= 11 is 17.5. The summed E-state index contributed by atoms with van der Waals surface area (Å²) in [4.78, 5) is 57.2. The van der Waals surface area contributed by atoms with Crippen LogP contribution in [0.1, 0.15) is 80.0 Å². The summed E-state index contributed by atoms with van der Waals surface area (Å²) in [5.41, 5.74) is -1.00. The predicted octanol–water partition coefficient (Wildman–Crippen LogP) is 7.17. The topological polar surface area (TPSA) is 124 Å². The van der Waals surface area contributed by atoms with Gasteiger partial charge in [-0.25, -0.2) is 9.59 Å². The number of carboxylic acids is 1. The van der Waals surface area contributed by atoms with Gasteiger partial charge in [-0.15, -0.1) is 0 Å². The molecule has 0 spiro atoms. The van der Waals surface area contributed by atoms with Gasteiger partial charge in [0.05, 0.1) is 33.0 Å². The molecule has 0 unspecified atom stereocenters. The average Bonchev–Trinajstić information content (AvgIpc) is 2.84. The molecule has 0 bridgehead atoms. The monoisotopic (exact) mass is 586 g/mol. The molecule has 206 valence electrons. The van der Waals surface area contributed by atoms with Crippen LogP contribution in [0.2, 0.25) is 15.1 Å². The third-order valence-electron chi connectivity index (χ3n) is 4.99. The average molecular weight is 588 g/mol. The van der Waals surface area contributed by atoms with E-state index in [0.717, 1.165) is 19.3 Å². The highest BCUT2D eigenvalue weighted by Gasteiger charge is 2.34. The van der Waals surface area contributed by atoms with Crippen LogP contribution in [0, 0.1) is 5.41 Å². The molecule has 0 radical (unpaired) electrons. The number of carbonyl (C=O) groups excluding carboxylic acids is 4. The summed E-state index contributed by atoms with van der Waals surface area (Å²) in [5.74, 6) is -4.15. The Morgan fingerprint density at radius 1 is 0.868 bits per heavy atom. The first-order valence-electron chi connectivity index (χ1n) is 11.7. The van der Waals surface area contributed by atoms with Gasteiger partial charge in [0.1, 0.15) is 0 Å². The Labute approximate surface area is 236 Å². The van der Waals surface area contributed by atoms with Gasteiger partial charge in [-0.05, 0) is 44.5 Å². The van der Waals surface area contributed by atoms with Crippen molar-refractivity contribution in [3.8, 4) is 0 Å². The number of carboxylic acid groups (broad SMARTS) is 1. The van der Waals surface area contributed by atoms with Gasteiger partial charge in [-0.3, -0.25) is 14.4 Å². The van der Waals surface area contributed by atoms with E-state index in [0.29, 0.717) is 6.42 Å². The maximum atomic E-state index is 11.8. The molecule has 11 heteroatoms. The number of carbonyl (C=O) groups is 5. The Kier molecular flexibility index (Phi) is 14.0. The normalized spacial score (nSPS) is 10.6. The molecule has 0 amide bonds. The van der Waals surface area contributed by atoms with Crippen LogP contribution < -0.4 is 0 Å². The van der Waals surface area contributed by atoms with Crippen molar-refractivity contribution >= 4 is 64.6 Å². The molecule has 0 saturated carbocycles. The summed E-state index contributed by atoms with van der Waals surface area (Å²) < 4.78 is 9.39. The SMILES string of the molecule is CC(C)(CC(=O)O)C(=O)OC(=O)c1ccccc1.CCCCCCC(=O)OC(=O)c1cc(Cl)cc(Cl)c1Cl. The van der Waals surface area contributed by atoms with Crippen LogP contribution in [0.5, 0.6) is 0 Å². The Hall–Kier alpha value is -2.94. The van der Waals surface area contributed by atoms with Gasteiger partial charge >= 0.3 is 29.8 Å². The standard InChI is InChI=1S/C14H15Cl3O3.C13H14O5/c1-2-3-4-5-6-12(18)20-14(19)10-7-9(15)8-11(16)13(10)17;1-13(2,8-10(14)15)12(17)18-11(16)9-6-4-3-5-7-9/h7-8H,2-6H2,1H3;3-7H,8H2,1-2H3,(H,14,15). The van der Waals surface area contributed by atoms with E-state index in [4.69, 9.17) is 44.6 Å². The van der Waals surface area contributed by atoms with Gasteiger partial charge in [0.2, 0.25) is 0 Å². The maximum Gasteiger partial charge on any atom is 0.347 e. The zero-order chi connectivity index (χ0) is 28.9. The lowest BCUT2D eigenvalue weighted by molar-refractivity contribution is -0.154. The van der Waals surface area contributed by atoms with E-state index in [-0.39, 0.29) is 32.6 Å². The van der Waals surface area contributed by atoms with Gasteiger partial charge in [-0.1, -0.05) is 79.2 Å². The van der Waals surface area contributed by atoms with E-state index in [1.807, 2.05) is 0 Å². The van der Waals surface area contributed by atoms with Crippen LogP contribution in [0.25, 0.3) is 0 Å². The molecular formula is C27H29Cl3O8. The first-order chi connectivity index (χ1) is 17.8. The molecule has 2 aromatic rings. The molecule has 38 heavy (non-hydrogen) atoms. The Morgan fingerprint density at radius 3 is 2.08 bits per heavy atom. The second-order valence-corrected chi connectivity index (χ2v) is 10.0. The second kappa shape index (κ2) is 16.1. The van der Waals surface area contributed by atoms with Crippen LogP contribution in [0.15, 0.2) is 42.5 Å². The van der Waals surface area contributed by atoms with Crippen molar-refractivity contribution in [3.63, 3.8) is 0 Å². The lowest BCUT2D eigenvalue weighted by Crippen LogP contribution is -2.31. The molecule has 8 nitrogen and oxygen atoms in total. The van der Waals surface area contributed by atoms with Crippen molar-refractivity contribution in [1.82, 2.24) is 0 Å². The van der Waals surface area contributed by atoms with Crippen molar-refractivity contribution in [2.75, 3.05) is 0 Å². The molecule has 0 aromatic heterocycles. The number of ether oxygens (including phenoxy) is 2. The molecule has 1 N–H and O–H groups in total. The summed E-state index contributed by atoms with van der Waals surface area (Å²) in [6.07, 6.45) is 3.57. The molecular weight excluding hydrogens is 559 g/mol. The van der Waals surface area contributed by atoms with Gasteiger partial charge in [0.25, 0.3) is 0 Å². The summed E-state index contributed by atoms with van der Waals surface area (Å²) in [7, 11) is 0. The number of hydrogen-bond donors (Lipinski definition) is 1. The zero-order valence-corrected chi connectivity index (χ0v) is 23.5. The van der Waals surface area contributed by atoms with Crippen LogP contribution in [0.3, 0.4) is 0 Å². The van der Waals surface area contributed by atoms with E-state index < -0.39 is 41.7 Å². The molecule has 2 rings (SSSR count). The largest absolute Gasteiger partial charge is 0.481 e.